The highest BCUT2D eigenvalue weighted by molar-refractivity contribution is 7.80. The van der Waals surface area contributed by atoms with Crippen LogP contribution in [-0.2, 0) is 38.3 Å². The van der Waals surface area contributed by atoms with Crippen LogP contribution in [-0.4, -0.2) is 97.5 Å². The van der Waals surface area contributed by atoms with Crippen LogP contribution in [0.1, 0.15) is 181 Å². The summed E-state index contributed by atoms with van der Waals surface area (Å²) in [6.45, 7) is 3.71. The van der Waals surface area contributed by atoms with Gasteiger partial charge in [-0.15, -0.1) is 0 Å². The van der Waals surface area contributed by atoms with E-state index in [0.29, 0.717) is 13.0 Å². The third-order valence-corrected chi connectivity index (χ3v) is 11.5. The summed E-state index contributed by atoms with van der Waals surface area (Å²) in [4.78, 5) is 12.9. The maximum Gasteiger partial charge on any atom is 0.397 e. The van der Waals surface area contributed by atoms with Gasteiger partial charge in [-0.3, -0.25) is 9.35 Å². The molecule has 0 aliphatic carbocycles. The van der Waals surface area contributed by atoms with Crippen LogP contribution in [0, 0.1) is 0 Å². The minimum Gasteiger partial charge on any atom is -0.457 e. The summed E-state index contributed by atoms with van der Waals surface area (Å²) in [6, 6.07) is 0. The number of hydrogen-bond donors (Lipinski definition) is 4. The molecule has 1 heterocycles. The average Bonchev–Trinajstić information content (AvgIpc) is 3.29. The van der Waals surface area contributed by atoms with Crippen molar-refractivity contribution in [3.8, 4) is 0 Å². The molecule has 13 heteroatoms. The highest BCUT2D eigenvalue weighted by Crippen LogP contribution is 2.26. The number of aliphatic hydroxyl groups excluding tert-OH is 3. The maximum absolute atomic E-state index is 12.9. The summed E-state index contributed by atoms with van der Waals surface area (Å²) in [5.74, 6) is -0.431. The van der Waals surface area contributed by atoms with Gasteiger partial charge in [0.05, 0.1) is 19.8 Å². The van der Waals surface area contributed by atoms with Gasteiger partial charge in [-0.1, -0.05) is 176 Å². The Labute approximate surface area is 400 Å². The van der Waals surface area contributed by atoms with Gasteiger partial charge in [0.1, 0.15) is 30.5 Å². The quantitative estimate of drug-likeness (QED) is 0.0197. The van der Waals surface area contributed by atoms with Crippen molar-refractivity contribution in [1.82, 2.24) is 0 Å². The molecule has 0 saturated carbocycles. The monoisotopic (exact) mass is 951 g/mol. The van der Waals surface area contributed by atoms with Crippen molar-refractivity contribution >= 4 is 16.4 Å². The zero-order valence-electron chi connectivity index (χ0n) is 40.7. The van der Waals surface area contributed by atoms with Crippen LogP contribution in [0.25, 0.3) is 0 Å². The van der Waals surface area contributed by atoms with Gasteiger partial charge in [0, 0.05) is 13.0 Å². The van der Waals surface area contributed by atoms with Crippen molar-refractivity contribution in [3.63, 3.8) is 0 Å². The molecule has 1 aliphatic rings. The van der Waals surface area contributed by atoms with Gasteiger partial charge in [-0.25, -0.2) is 4.18 Å². The number of aliphatic hydroxyl groups is 3. The molecular weight excluding hydrogens is 861 g/mol. The molecule has 6 unspecified atom stereocenters. The number of unbranched alkanes of at least 4 members (excludes halogenated alkanes) is 16. The molecule has 1 rings (SSSR count). The molecular formula is C53H90O12S. The van der Waals surface area contributed by atoms with Crippen LogP contribution < -0.4 is 0 Å². The lowest BCUT2D eigenvalue weighted by atomic mass is 9.99. The van der Waals surface area contributed by atoms with E-state index in [1.165, 1.54) is 70.6 Å². The number of rotatable bonds is 43. The number of esters is 1. The minimum absolute atomic E-state index is 0.0188. The predicted octanol–water partition coefficient (Wildman–Crippen LogP) is 11.6. The molecule has 0 bridgehead atoms. The van der Waals surface area contributed by atoms with E-state index in [1.807, 2.05) is 0 Å². The van der Waals surface area contributed by atoms with E-state index >= 15 is 0 Å². The molecule has 380 valence electrons. The van der Waals surface area contributed by atoms with Crippen molar-refractivity contribution in [2.75, 3.05) is 26.4 Å². The molecule has 0 aromatic heterocycles. The first-order valence-corrected chi connectivity index (χ1v) is 26.7. The fourth-order valence-electron chi connectivity index (χ4n) is 7.27. The zero-order valence-corrected chi connectivity index (χ0v) is 41.5. The number of hydrogen-bond acceptors (Lipinski definition) is 11. The largest absolute Gasteiger partial charge is 0.457 e. The maximum atomic E-state index is 12.9. The van der Waals surface area contributed by atoms with Gasteiger partial charge >= 0.3 is 16.4 Å². The molecule has 0 aromatic carbocycles. The minimum atomic E-state index is -5.07. The highest BCUT2D eigenvalue weighted by Gasteiger charge is 2.48. The molecule has 0 aromatic rings. The summed E-state index contributed by atoms with van der Waals surface area (Å²) < 4.78 is 59.1. The molecule has 66 heavy (non-hydrogen) atoms. The fraction of sp³-hybridized carbons (Fsp3) is 0.717. The van der Waals surface area contributed by atoms with Crippen molar-refractivity contribution in [2.24, 2.45) is 0 Å². The summed E-state index contributed by atoms with van der Waals surface area (Å²) >= 11 is 0. The van der Waals surface area contributed by atoms with Crippen LogP contribution in [0.2, 0.25) is 0 Å². The Morgan fingerprint density at radius 3 is 1.45 bits per heavy atom. The zero-order chi connectivity index (χ0) is 48.2. The van der Waals surface area contributed by atoms with E-state index in [2.05, 4.69) is 103 Å². The van der Waals surface area contributed by atoms with Gasteiger partial charge in [-0.2, -0.15) is 8.42 Å². The first kappa shape index (κ1) is 61.3. The summed E-state index contributed by atoms with van der Waals surface area (Å²) in [6.07, 6.45) is 49.2. The summed E-state index contributed by atoms with van der Waals surface area (Å²) in [5.41, 5.74) is 0. The Morgan fingerprint density at radius 2 is 1.00 bits per heavy atom. The number of ether oxygens (including phenoxy) is 4. The van der Waals surface area contributed by atoms with Gasteiger partial charge < -0.3 is 34.3 Å². The van der Waals surface area contributed by atoms with E-state index in [-0.39, 0.29) is 19.6 Å². The number of carbonyl (C=O) groups excluding carboxylic acids is 1. The van der Waals surface area contributed by atoms with Crippen LogP contribution in [0.5, 0.6) is 0 Å². The van der Waals surface area contributed by atoms with Crippen LogP contribution in [0.15, 0.2) is 85.1 Å². The fourth-order valence-corrected chi connectivity index (χ4v) is 7.77. The molecule has 6 atom stereocenters. The normalized spacial score (nSPS) is 20.2. The average molecular weight is 951 g/mol. The Kier molecular flexibility index (Phi) is 40.4. The first-order chi connectivity index (χ1) is 32.1. The van der Waals surface area contributed by atoms with Crippen LogP contribution in [0.3, 0.4) is 0 Å². The van der Waals surface area contributed by atoms with Crippen LogP contribution >= 0.6 is 0 Å². The third kappa shape index (κ3) is 36.3. The third-order valence-electron chi connectivity index (χ3n) is 11.0. The van der Waals surface area contributed by atoms with Crippen molar-refractivity contribution in [2.45, 2.75) is 218 Å². The smallest absolute Gasteiger partial charge is 0.397 e. The lowest BCUT2D eigenvalue weighted by molar-refractivity contribution is -0.301. The van der Waals surface area contributed by atoms with E-state index in [0.717, 1.165) is 83.5 Å². The Hall–Kier alpha value is -2.72. The van der Waals surface area contributed by atoms with Gasteiger partial charge in [0.2, 0.25) is 0 Å². The topological polar surface area (TPSA) is 178 Å². The molecule has 1 saturated heterocycles. The Morgan fingerprint density at radius 1 is 0.576 bits per heavy atom. The van der Waals surface area contributed by atoms with Gasteiger partial charge in [0.15, 0.2) is 6.29 Å². The van der Waals surface area contributed by atoms with Gasteiger partial charge in [-0.05, 0) is 83.5 Å². The summed E-state index contributed by atoms with van der Waals surface area (Å²) in [5, 5.41) is 30.7. The predicted molar refractivity (Wildman–Crippen MR) is 266 cm³/mol. The van der Waals surface area contributed by atoms with E-state index in [4.69, 9.17) is 18.9 Å². The Balaban J connectivity index is 2.31. The second kappa shape index (κ2) is 43.6. The second-order valence-corrected chi connectivity index (χ2v) is 18.0. The van der Waals surface area contributed by atoms with Crippen molar-refractivity contribution in [1.29, 1.82) is 0 Å². The summed E-state index contributed by atoms with van der Waals surface area (Å²) in [7, 11) is -5.07. The standard InChI is InChI=1S/C53H90O12S/c1-3-5-7-9-11-13-15-17-18-19-20-21-22-23-24-25-26-27-28-29-31-33-35-37-39-41-43-61-45-47(46-62-53-51(57)52(65-66(58,59)60)50(56)48(44-54)64-53)63-49(55)42-40-38-36-34-32-30-16-14-12-10-8-6-4-2/h5-8,11-14,17-18,20-21,30,32,47-48,50-54,56-57H,3-4,9-10,15-16,19,22-29,31,33-46H2,1-2H3,(H,58,59,60)/b7-5-,8-6-,13-11-,14-12-,18-17-,21-20-,32-30-. The van der Waals surface area contributed by atoms with Crippen molar-refractivity contribution in [3.05, 3.63) is 85.1 Å². The number of carbonyl (C=O) groups is 1. The van der Waals surface area contributed by atoms with E-state index in [1.54, 1.807) is 0 Å². The molecule has 4 N–H and O–H groups in total. The van der Waals surface area contributed by atoms with E-state index in [9.17, 15) is 33.1 Å². The molecule has 1 aliphatic heterocycles. The Bertz CT molecular complexity index is 1470. The van der Waals surface area contributed by atoms with Crippen molar-refractivity contribution < 1.29 is 56.2 Å². The first-order valence-electron chi connectivity index (χ1n) is 25.3. The lowest BCUT2D eigenvalue weighted by Gasteiger charge is -2.41. The highest BCUT2D eigenvalue weighted by atomic mass is 32.3. The lowest BCUT2D eigenvalue weighted by Crippen LogP contribution is -2.60. The van der Waals surface area contributed by atoms with E-state index < -0.39 is 59.8 Å². The number of allylic oxidation sites excluding steroid dienone is 14. The molecule has 0 radical (unpaired) electrons. The SMILES string of the molecule is CC/C=C\C/C=C\C/C=C\C/C=C\CCCCCCCCCCCCCCCOCC(COC1OC(CO)C(O)C(OS(=O)(=O)O)C1O)OC(=O)CCCCC/C=C\C/C=C\C/C=C\CC. The second-order valence-electron chi connectivity index (χ2n) is 17.0. The van der Waals surface area contributed by atoms with Crippen LogP contribution in [0.4, 0.5) is 0 Å². The molecule has 0 spiro atoms. The molecule has 12 nitrogen and oxygen atoms in total. The molecule has 1 fully saturated rings. The van der Waals surface area contributed by atoms with Gasteiger partial charge in [0.25, 0.3) is 0 Å². The molecule has 0 amide bonds.